The third-order valence-electron chi connectivity index (χ3n) is 4.35. The van der Waals surface area contributed by atoms with Gasteiger partial charge in [0.2, 0.25) is 15.8 Å². The van der Waals surface area contributed by atoms with Gasteiger partial charge in [-0.25, -0.2) is 13.4 Å². The van der Waals surface area contributed by atoms with Gasteiger partial charge in [-0.2, -0.15) is 4.31 Å². The highest BCUT2D eigenvalue weighted by molar-refractivity contribution is 7.98. The molecule has 0 N–H and O–H groups in total. The van der Waals surface area contributed by atoms with Gasteiger partial charge in [0.25, 0.3) is 0 Å². The largest absolute Gasteiger partial charge is 0.461 e. The molecule has 0 aliphatic carbocycles. The van der Waals surface area contributed by atoms with Gasteiger partial charge in [-0.1, -0.05) is 23.3 Å². The van der Waals surface area contributed by atoms with Gasteiger partial charge >= 0.3 is 0 Å². The second-order valence-electron chi connectivity index (χ2n) is 6.25. The number of nitrogens with zero attached hydrogens (tertiary/aromatic N) is 3. The number of pyridine rings is 1. The molecule has 1 aliphatic rings. The lowest BCUT2D eigenvalue weighted by molar-refractivity contribution is 0.346. The Kier molecular flexibility index (Phi) is 5.33. The maximum absolute atomic E-state index is 12.6. The van der Waals surface area contributed by atoms with E-state index < -0.39 is 10.0 Å². The van der Waals surface area contributed by atoms with Crippen LogP contribution in [0.3, 0.4) is 0 Å². The first-order valence-corrected chi connectivity index (χ1v) is 11.1. The van der Waals surface area contributed by atoms with E-state index in [0.717, 1.165) is 30.0 Å². The summed E-state index contributed by atoms with van der Waals surface area (Å²) in [5, 5.41) is 4.75. The fourth-order valence-corrected chi connectivity index (χ4v) is 5.11. The first kappa shape index (κ1) is 18.3. The number of hydrogen-bond donors (Lipinski definition) is 0. The van der Waals surface area contributed by atoms with E-state index in [1.807, 2.05) is 6.07 Å². The molecule has 142 valence electrons. The average Bonchev–Trinajstić information content (AvgIpc) is 3.39. The molecular formula is C18H19N3O4S2. The zero-order valence-corrected chi connectivity index (χ0v) is 16.2. The molecule has 0 bridgehead atoms. The van der Waals surface area contributed by atoms with Gasteiger partial charge in [-0.05, 0) is 37.1 Å². The lowest BCUT2D eigenvalue weighted by atomic mass is 10.2. The molecule has 3 aromatic heterocycles. The molecule has 0 amide bonds. The minimum Gasteiger partial charge on any atom is -0.461 e. The summed E-state index contributed by atoms with van der Waals surface area (Å²) in [4.78, 5) is 4.54. The minimum atomic E-state index is -3.44. The third-order valence-corrected chi connectivity index (χ3v) is 7.21. The van der Waals surface area contributed by atoms with Crippen LogP contribution in [0.1, 0.15) is 25.0 Å². The van der Waals surface area contributed by atoms with E-state index in [1.165, 1.54) is 18.0 Å². The Bertz CT molecular complexity index is 976. The molecule has 0 saturated carbocycles. The maximum atomic E-state index is 12.6. The Morgan fingerprint density at radius 3 is 2.67 bits per heavy atom. The number of thioether (sulfide) groups is 1. The molecule has 0 spiro atoms. The van der Waals surface area contributed by atoms with Gasteiger partial charge < -0.3 is 8.94 Å². The maximum Gasteiger partial charge on any atom is 0.244 e. The molecule has 1 aliphatic heterocycles. The van der Waals surface area contributed by atoms with Gasteiger partial charge in [-0.3, -0.25) is 0 Å². The van der Waals surface area contributed by atoms with E-state index in [1.54, 1.807) is 34.8 Å². The average molecular weight is 406 g/mol. The van der Waals surface area contributed by atoms with Crippen LogP contribution in [0.2, 0.25) is 0 Å². The molecule has 1 fully saturated rings. The van der Waals surface area contributed by atoms with E-state index in [0.29, 0.717) is 30.4 Å². The molecular weight excluding hydrogens is 386 g/mol. The molecule has 4 rings (SSSR count). The predicted octanol–water partition coefficient (Wildman–Crippen LogP) is 3.80. The predicted molar refractivity (Wildman–Crippen MR) is 101 cm³/mol. The van der Waals surface area contributed by atoms with Crippen LogP contribution in [-0.2, 0) is 15.8 Å². The zero-order valence-electron chi connectivity index (χ0n) is 14.6. The summed E-state index contributed by atoms with van der Waals surface area (Å²) in [7, 11) is -3.44. The van der Waals surface area contributed by atoms with Crippen LogP contribution in [0.5, 0.6) is 0 Å². The second-order valence-corrected chi connectivity index (χ2v) is 9.18. The molecule has 27 heavy (non-hydrogen) atoms. The lowest BCUT2D eigenvalue weighted by Gasteiger charge is -2.25. The molecule has 7 nitrogen and oxygen atoms in total. The van der Waals surface area contributed by atoms with Crippen molar-refractivity contribution < 1.29 is 17.4 Å². The summed E-state index contributed by atoms with van der Waals surface area (Å²) in [6, 6.07) is 8.77. The molecule has 3 aromatic rings. The van der Waals surface area contributed by atoms with Crippen molar-refractivity contribution in [3.63, 3.8) is 0 Å². The van der Waals surface area contributed by atoms with Crippen LogP contribution in [0, 0.1) is 0 Å². The highest BCUT2D eigenvalue weighted by atomic mass is 32.2. The van der Waals surface area contributed by atoms with Crippen molar-refractivity contribution in [2.75, 3.05) is 13.1 Å². The quantitative estimate of drug-likeness (QED) is 0.576. The summed E-state index contributed by atoms with van der Waals surface area (Å²) in [5.41, 5.74) is 0.762. The van der Waals surface area contributed by atoms with Crippen molar-refractivity contribution in [1.82, 2.24) is 14.4 Å². The molecule has 0 unspecified atom stereocenters. The Morgan fingerprint density at radius 2 is 1.96 bits per heavy atom. The number of rotatable bonds is 6. The lowest BCUT2D eigenvalue weighted by Crippen LogP contribution is -2.35. The molecule has 0 radical (unpaired) electrons. The molecule has 9 heteroatoms. The van der Waals surface area contributed by atoms with E-state index in [4.69, 9.17) is 8.94 Å². The van der Waals surface area contributed by atoms with Crippen LogP contribution in [0.15, 0.2) is 61.7 Å². The first-order valence-electron chi connectivity index (χ1n) is 8.71. The Morgan fingerprint density at radius 1 is 1.11 bits per heavy atom. The Labute approximate surface area is 161 Å². The number of furan rings is 1. The standard InChI is InChI=1S/C18H19N3O4S2/c22-27(23,21-8-2-1-3-9-21)15-6-7-18(19-12-15)26-13-14-11-17(25-20-14)16-5-4-10-24-16/h4-7,10-12H,1-3,8-9,13H2. The van der Waals surface area contributed by atoms with Gasteiger partial charge in [0.15, 0.2) is 5.76 Å². The number of sulfonamides is 1. The van der Waals surface area contributed by atoms with E-state index in [-0.39, 0.29) is 4.90 Å². The van der Waals surface area contributed by atoms with Crippen molar-refractivity contribution in [3.05, 3.63) is 48.5 Å². The van der Waals surface area contributed by atoms with E-state index in [2.05, 4.69) is 10.1 Å². The number of piperidine rings is 1. The fraction of sp³-hybridized carbons (Fsp3) is 0.333. The monoisotopic (exact) mass is 405 g/mol. The Balaban J connectivity index is 1.39. The topological polar surface area (TPSA) is 89.4 Å². The molecule has 0 atom stereocenters. The molecule has 4 heterocycles. The highest BCUT2D eigenvalue weighted by Crippen LogP contribution is 2.26. The van der Waals surface area contributed by atoms with Crippen molar-refractivity contribution in [3.8, 4) is 11.5 Å². The zero-order chi connectivity index (χ0) is 18.7. The first-order chi connectivity index (χ1) is 13.1. The van der Waals surface area contributed by atoms with Crippen molar-refractivity contribution in [2.45, 2.75) is 34.9 Å². The van der Waals surface area contributed by atoms with E-state index >= 15 is 0 Å². The summed E-state index contributed by atoms with van der Waals surface area (Å²) in [6.45, 7) is 1.17. The smallest absolute Gasteiger partial charge is 0.244 e. The van der Waals surface area contributed by atoms with Crippen LogP contribution in [-0.4, -0.2) is 36.0 Å². The van der Waals surface area contributed by atoms with Crippen LogP contribution in [0.25, 0.3) is 11.5 Å². The Hall–Kier alpha value is -2.10. The second kappa shape index (κ2) is 7.87. The summed E-state index contributed by atoms with van der Waals surface area (Å²) in [5.74, 6) is 1.77. The summed E-state index contributed by atoms with van der Waals surface area (Å²) < 4.78 is 37.4. The number of aromatic nitrogens is 2. The minimum absolute atomic E-state index is 0.246. The fourth-order valence-electron chi connectivity index (χ4n) is 2.92. The van der Waals surface area contributed by atoms with Crippen LogP contribution < -0.4 is 0 Å². The number of hydrogen-bond acceptors (Lipinski definition) is 7. The molecule has 1 saturated heterocycles. The van der Waals surface area contributed by atoms with Gasteiger partial charge in [0.05, 0.1) is 17.0 Å². The van der Waals surface area contributed by atoms with Gasteiger partial charge in [-0.15, -0.1) is 0 Å². The van der Waals surface area contributed by atoms with Crippen molar-refractivity contribution in [1.29, 1.82) is 0 Å². The normalized spacial score (nSPS) is 15.9. The molecule has 0 aromatic carbocycles. The van der Waals surface area contributed by atoms with Crippen LogP contribution >= 0.6 is 11.8 Å². The third kappa shape index (κ3) is 4.10. The summed E-state index contributed by atoms with van der Waals surface area (Å²) >= 11 is 1.47. The van der Waals surface area contributed by atoms with Crippen LogP contribution in [0.4, 0.5) is 0 Å². The summed E-state index contributed by atoms with van der Waals surface area (Å²) in [6.07, 6.45) is 5.93. The SMILES string of the molecule is O=S(=O)(c1ccc(SCc2cc(-c3ccco3)on2)nc1)N1CCCCC1. The highest BCUT2D eigenvalue weighted by Gasteiger charge is 2.26. The van der Waals surface area contributed by atoms with Crippen molar-refractivity contribution >= 4 is 21.8 Å². The van der Waals surface area contributed by atoms with Gasteiger partial charge in [0.1, 0.15) is 4.90 Å². The van der Waals surface area contributed by atoms with E-state index in [9.17, 15) is 8.42 Å². The van der Waals surface area contributed by atoms with Gasteiger partial charge in [0, 0.05) is 31.1 Å². The van der Waals surface area contributed by atoms with Crippen molar-refractivity contribution in [2.24, 2.45) is 0 Å².